The average molecular weight is 447 g/mol. The van der Waals surface area contributed by atoms with Crippen molar-refractivity contribution in [2.75, 3.05) is 5.32 Å². The van der Waals surface area contributed by atoms with Gasteiger partial charge in [0.05, 0.1) is 12.2 Å². The number of rotatable bonds is 7. The number of hydrogen-bond acceptors (Lipinski definition) is 4. The Hall–Kier alpha value is -4.78. The third-order valence-corrected chi connectivity index (χ3v) is 5.21. The summed E-state index contributed by atoms with van der Waals surface area (Å²) < 4.78 is 3.64. The van der Waals surface area contributed by atoms with Crippen molar-refractivity contribution in [3.05, 3.63) is 121 Å². The van der Waals surface area contributed by atoms with Gasteiger partial charge in [0, 0.05) is 53.9 Å². The van der Waals surface area contributed by atoms with Gasteiger partial charge in [-0.2, -0.15) is 10.2 Å². The molecule has 0 saturated heterocycles. The zero-order valence-electron chi connectivity index (χ0n) is 18.3. The summed E-state index contributed by atoms with van der Waals surface area (Å²) in [5.74, 6) is -0.221. The predicted octanol–water partition coefficient (Wildman–Crippen LogP) is 4.83. The second-order valence-corrected chi connectivity index (χ2v) is 7.68. The van der Waals surface area contributed by atoms with E-state index < -0.39 is 0 Å². The molecule has 0 bridgehead atoms. The molecule has 166 valence electrons. The summed E-state index contributed by atoms with van der Waals surface area (Å²) >= 11 is 0. The van der Waals surface area contributed by atoms with E-state index in [-0.39, 0.29) is 5.91 Å². The molecule has 0 atom stereocenters. The molecule has 0 aliphatic carbocycles. The van der Waals surface area contributed by atoms with Gasteiger partial charge in [0.1, 0.15) is 5.69 Å². The normalized spacial score (nSPS) is 11.1. The van der Waals surface area contributed by atoms with Crippen molar-refractivity contribution in [1.29, 1.82) is 0 Å². The Morgan fingerprint density at radius 3 is 2.68 bits per heavy atom. The maximum Gasteiger partial charge on any atom is 0.248 e. The van der Waals surface area contributed by atoms with E-state index in [4.69, 9.17) is 5.10 Å². The highest BCUT2D eigenvalue weighted by Gasteiger charge is 2.11. The Balaban J connectivity index is 1.36. The zero-order chi connectivity index (χ0) is 23.2. The molecule has 0 unspecified atom stereocenters. The van der Waals surface area contributed by atoms with Crippen LogP contribution in [0.5, 0.6) is 0 Å². The van der Waals surface area contributed by atoms with Gasteiger partial charge in [0.2, 0.25) is 5.91 Å². The number of anilines is 1. The summed E-state index contributed by atoms with van der Waals surface area (Å²) in [6.07, 6.45) is 12.3. The minimum absolute atomic E-state index is 0.221. The molecule has 1 N–H and O–H groups in total. The first kappa shape index (κ1) is 21.1. The van der Waals surface area contributed by atoms with Crippen LogP contribution in [-0.4, -0.2) is 30.5 Å². The number of aromatic nitrogens is 5. The Labute approximate surface area is 197 Å². The van der Waals surface area contributed by atoms with Crippen molar-refractivity contribution in [2.24, 2.45) is 0 Å². The summed E-state index contributed by atoms with van der Waals surface area (Å²) in [4.78, 5) is 16.9. The lowest BCUT2D eigenvalue weighted by atomic mass is 10.1. The molecule has 0 aliphatic heterocycles. The van der Waals surface area contributed by atoms with Crippen molar-refractivity contribution in [1.82, 2.24) is 24.5 Å². The lowest BCUT2D eigenvalue weighted by Crippen LogP contribution is -2.08. The summed E-state index contributed by atoms with van der Waals surface area (Å²) in [7, 11) is 0. The number of benzene rings is 2. The second-order valence-electron chi connectivity index (χ2n) is 7.68. The molecule has 1 amide bonds. The Kier molecular flexibility index (Phi) is 6.07. The number of nitrogens with one attached hydrogen (secondary N) is 1. The first-order valence-corrected chi connectivity index (χ1v) is 10.9. The van der Waals surface area contributed by atoms with E-state index in [1.807, 2.05) is 89.9 Å². The topological polar surface area (TPSA) is 77.6 Å². The van der Waals surface area contributed by atoms with Crippen molar-refractivity contribution < 1.29 is 4.79 Å². The third kappa shape index (κ3) is 4.99. The molecular weight excluding hydrogens is 424 g/mol. The van der Waals surface area contributed by atoms with Gasteiger partial charge >= 0.3 is 0 Å². The SMILES string of the molecule is O=C(/C=C/c1cn(-c2ccccc2)nc1-c1cccnc1)Nc1cccc(Cn2cccn2)c1. The van der Waals surface area contributed by atoms with E-state index in [9.17, 15) is 4.79 Å². The van der Waals surface area contributed by atoms with E-state index >= 15 is 0 Å². The van der Waals surface area contributed by atoms with Crippen LogP contribution in [0.15, 0.2) is 110 Å². The molecule has 0 spiro atoms. The summed E-state index contributed by atoms with van der Waals surface area (Å²) in [5.41, 5.74) is 5.16. The van der Waals surface area contributed by atoms with Crippen LogP contribution in [0.4, 0.5) is 5.69 Å². The number of carbonyl (C=O) groups excluding carboxylic acids is 1. The average Bonchev–Trinajstić information content (AvgIpc) is 3.54. The monoisotopic (exact) mass is 446 g/mol. The Morgan fingerprint density at radius 1 is 0.971 bits per heavy atom. The first-order valence-electron chi connectivity index (χ1n) is 10.9. The second kappa shape index (κ2) is 9.79. The fraction of sp³-hybridized carbons (Fsp3) is 0.0370. The molecule has 34 heavy (non-hydrogen) atoms. The lowest BCUT2D eigenvalue weighted by molar-refractivity contribution is -0.111. The van der Waals surface area contributed by atoms with Gasteiger partial charge in [0.25, 0.3) is 0 Å². The van der Waals surface area contributed by atoms with Crippen LogP contribution in [0.3, 0.4) is 0 Å². The molecule has 0 radical (unpaired) electrons. The van der Waals surface area contributed by atoms with E-state index in [0.717, 1.165) is 33.8 Å². The number of hydrogen-bond donors (Lipinski definition) is 1. The van der Waals surface area contributed by atoms with Gasteiger partial charge in [-0.1, -0.05) is 30.3 Å². The molecular formula is C27H22N6O. The van der Waals surface area contributed by atoms with Gasteiger partial charge in [-0.25, -0.2) is 4.68 Å². The van der Waals surface area contributed by atoms with Gasteiger partial charge in [-0.05, 0) is 54.1 Å². The smallest absolute Gasteiger partial charge is 0.248 e. The highest BCUT2D eigenvalue weighted by Crippen LogP contribution is 2.24. The van der Waals surface area contributed by atoms with E-state index in [0.29, 0.717) is 6.54 Å². The van der Waals surface area contributed by atoms with Crippen LogP contribution >= 0.6 is 0 Å². The van der Waals surface area contributed by atoms with Gasteiger partial charge < -0.3 is 5.32 Å². The van der Waals surface area contributed by atoms with E-state index in [1.54, 1.807) is 29.3 Å². The van der Waals surface area contributed by atoms with Gasteiger partial charge in [0.15, 0.2) is 0 Å². The number of amides is 1. The zero-order valence-corrected chi connectivity index (χ0v) is 18.3. The van der Waals surface area contributed by atoms with Crippen molar-refractivity contribution in [3.63, 3.8) is 0 Å². The molecule has 0 aliphatic rings. The van der Waals surface area contributed by atoms with Crippen LogP contribution in [-0.2, 0) is 11.3 Å². The maximum atomic E-state index is 12.7. The molecule has 0 fully saturated rings. The number of pyridine rings is 1. The van der Waals surface area contributed by atoms with Crippen LogP contribution in [0, 0.1) is 0 Å². The summed E-state index contributed by atoms with van der Waals surface area (Å²) in [6, 6.07) is 23.3. The third-order valence-electron chi connectivity index (χ3n) is 5.21. The van der Waals surface area contributed by atoms with Crippen LogP contribution in [0.25, 0.3) is 23.0 Å². The van der Waals surface area contributed by atoms with Crippen LogP contribution in [0.1, 0.15) is 11.1 Å². The quantitative estimate of drug-likeness (QED) is 0.363. The summed E-state index contributed by atoms with van der Waals surface area (Å²) in [5, 5.41) is 11.9. The molecule has 5 aromatic rings. The Morgan fingerprint density at radius 2 is 1.88 bits per heavy atom. The molecule has 2 aromatic carbocycles. The molecule has 3 heterocycles. The molecule has 5 rings (SSSR count). The van der Waals surface area contributed by atoms with Crippen molar-refractivity contribution in [2.45, 2.75) is 6.54 Å². The molecule has 7 nitrogen and oxygen atoms in total. The van der Waals surface area contributed by atoms with Crippen LogP contribution in [0.2, 0.25) is 0 Å². The van der Waals surface area contributed by atoms with E-state index in [1.165, 1.54) is 6.08 Å². The minimum atomic E-state index is -0.221. The first-order chi connectivity index (χ1) is 16.7. The van der Waals surface area contributed by atoms with Crippen LogP contribution < -0.4 is 5.32 Å². The number of carbonyl (C=O) groups is 1. The molecule has 7 heteroatoms. The van der Waals surface area contributed by atoms with E-state index in [2.05, 4.69) is 15.4 Å². The number of para-hydroxylation sites is 1. The molecule has 0 saturated carbocycles. The fourth-order valence-corrected chi connectivity index (χ4v) is 3.63. The largest absolute Gasteiger partial charge is 0.323 e. The maximum absolute atomic E-state index is 12.7. The van der Waals surface area contributed by atoms with Gasteiger partial charge in [-0.3, -0.25) is 14.5 Å². The highest BCUT2D eigenvalue weighted by molar-refractivity contribution is 6.02. The fourth-order valence-electron chi connectivity index (χ4n) is 3.63. The number of nitrogens with zero attached hydrogens (tertiary/aromatic N) is 5. The van der Waals surface area contributed by atoms with Crippen molar-refractivity contribution >= 4 is 17.7 Å². The Bertz CT molecular complexity index is 1410. The standard InChI is InChI=1S/C27H22N6O/c34-26(30-24-9-4-7-21(17-24)19-32-16-6-15-29-32)13-12-23-20-33(25-10-2-1-3-11-25)31-27(23)22-8-5-14-28-18-22/h1-18,20H,19H2,(H,30,34)/b13-12+. The summed E-state index contributed by atoms with van der Waals surface area (Å²) in [6.45, 7) is 0.639. The minimum Gasteiger partial charge on any atom is -0.323 e. The predicted molar refractivity (Wildman–Crippen MR) is 132 cm³/mol. The van der Waals surface area contributed by atoms with Crippen molar-refractivity contribution in [3.8, 4) is 16.9 Å². The molecule has 3 aromatic heterocycles. The lowest BCUT2D eigenvalue weighted by Gasteiger charge is -2.06. The highest BCUT2D eigenvalue weighted by atomic mass is 16.1. The van der Waals surface area contributed by atoms with Gasteiger partial charge in [-0.15, -0.1) is 0 Å².